The molecule has 0 fully saturated rings. The summed E-state index contributed by atoms with van der Waals surface area (Å²) in [4.78, 5) is 22.4. The number of carboxylic acid groups (broad SMARTS) is 1. The zero-order chi connectivity index (χ0) is 15.5. The van der Waals surface area contributed by atoms with Crippen LogP contribution in [0.15, 0.2) is 30.3 Å². The van der Waals surface area contributed by atoms with Crippen LogP contribution in [0.2, 0.25) is 0 Å². The van der Waals surface area contributed by atoms with E-state index in [9.17, 15) is 9.59 Å². The fourth-order valence-electron chi connectivity index (χ4n) is 1.63. The highest BCUT2D eigenvalue weighted by Crippen LogP contribution is 2.01. The number of carbonyl (C=O) groups is 2. The smallest absolute Gasteiger partial charge is 0.408 e. The van der Waals surface area contributed by atoms with Crippen LogP contribution in [0.25, 0.3) is 0 Å². The van der Waals surface area contributed by atoms with Crippen LogP contribution in [0.3, 0.4) is 0 Å². The second-order valence-corrected chi connectivity index (χ2v) is 4.41. The van der Waals surface area contributed by atoms with Crippen molar-refractivity contribution in [1.29, 1.82) is 0 Å². The van der Waals surface area contributed by atoms with Crippen molar-refractivity contribution < 1.29 is 19.4 Å². The number of ether oxygens (including phenoxy) is 1. The van der Waals surface area contributed by atoms with Crippen LogP contribution in [0.4, 0.5) is 4.79 Å². The summed E-state index contributed by atoms with van der Waals surface area (Å²) >= 11 is 0. The second-order valence-electron chi connectivity index (χ2n) is 4.41. The zero-order valence-electron chi connectivity index (χ0n) is 12.0. The van der Waals surface area contributed by atoms with Crippen molar-refractivity contribution in [2.45, 2.75) is 19.2 Å². The Bertz CT molecular complexity index is 439. The normalized spacial score (nSPS) is 11.7. The SMILES string of the molecule is CNCCNC(CC(=O)O)NC(=O)OCc1ccccc1. The Hall–Kier alpha value is -2.12. The minimum Gasteiger partial charge on any atom is -0.481 e. The van der Waals surface area contributed by atoms with Crippen LogP contribution in [-0.4, -0.2) is 43.5 Å². The van der Waals surface area contributed by atoms with Crippen molar-refractivity contribution >= 4 is 12.1 Å². The minimum atomic E-state index is -1.000. The van der Waals surface area contributed by atoms with E-state index in [-0.39, 0.29) is 13.0 Å². The molecule has 7 heteroatoms. The van der Waals surface area contributed by atoms with E-state index in [1.807, 2.05) is 30.3 Å². The standard InChI is InChI=1S/C14H21N3O4/c1-15-7-8-16-12(9-13(18)19)17-14(20)21-10-11-5-3-2-4-6-11/h2-6,12,15-16H,7-10H2,1H3,(H,17,20)(H,18,19). The van der Waals surface area contributed by atoms with Gasteiger partial charge in [-0.15, -0.1) is 0 Å². The molecular formula is C14H21N3O4. The molecule has 0 heterocycles. The van der Waals surface area contributed by atoms with Crippen molar-refractivity contribution in [3.05, 3.63) is 35.9 Å². The summed E-state index contributed by atoms with van der Waals surface area (Å²) in [5, 5.41) is 17.2. The summed E-state index contributed by atoms with van der Waals surface area (Å²) in [6.45, 7) is 1.34. The van der Waals surface area contributed by atoms with Gasteiger partial charge in [0.05, 0.1) is 12.6 Å². The number of alkyl carbamates (subject to hydrolysis) is 1. The average Bonchev–Trinajstić information content (AvgIpc) is 2.46. The van der Waals surface area contributed by atoms with E-state index in [1.165, 1.54) is 0 Å². The molecule has 0 aliphatic carbocycles. The Balaban J connectivity index is 2.37. The molecule has 0 bridgehead atoms. The molecule has 1 aromatic carbocycles. The van der Waals surface area contributed by atoms with Crippen molar-refractivity contribution in [1.82, 2.24) is 16.0 Å². The summed E-state index contributed by atoms with van der Waals surface area (Å²) in [6.07, 6.45) is -1.54. The van der Waals surface area contributed by atoms with E-state index < -0.39 is 18.2 Å². The summed E-state index contributed by atoms with van der Waals surface area (Å²) < 4.78 is 5.05. The van der Waals surface area contributed by atoms with Crippen molar-refractivity contribution in [2.24, 2.45) is 0 Å². The van der Waals surface area contributed by atoms with Gasteiger partial charge in [0.25, 0.3) is 0 Å². The lowest BCUT2D eigenvalue weighted by Gasteiger charge is -2.18. The molecule has 0 aliphatic heterocycles. The lowest BCUT2D eigenvalue weighted by molar-refractivity contribution is -0.137. The number of hydrogen-bond donors (Lipinski definition) is 4. The van der Waals surface area contributed by atoms with Gasteiger partial charge in [0, 0.05) is 13.1 Å². The lowest BCUT2D eigenvalue weighted by atomic mass is 10.2. The fourth-order valence-corrected chi connectivity index (χ4v) is 1.63. The molecule has 1 aromatic rings. The van der Waals surface area contributed by atoms with Crippen molar-refractivity contribution in [2.75, 3.05) is 20.1 Å². The van der Waals surface area contributed by atoms with Crippen molar-refractivity contribution in [3.8, 4) is 0 Å². The largest absolute Gasteiger partial charge is 0.481 e. The van der Waals surface area contributed by atoms with Crippen LogP contribution in [0.1, 0.15) is 12.0 Å². The number of benzene rings is 1. The highest BCUT2D eigenvalue weighted by Gasteiger charge is 2.15. The van der Waals surface area contributed by atoms with Crippen LogP contribution in [0, 0.1) is 0 Å². The summed E-state index contributed by atoms with van der Waals surface area (Å²) in [5.41, 5.74) is 0.866. The minimum absolute atomic E-state index is 0.142. The van der Waals surface area contributed by atoms with E-state index in [2.05, 4.69) is 16.0 Å². The highest BCUT2D eigenvalue weighted by atomic mass is 16.5. The van der Waals surface area contributed by atoms with Crippen LogP contribution < -0.4 is 16.0 Å². The summed E-state index contributed by atoms with van der Waals surface area (Å²) in [6, 6.07) is 9.25. The van der Waals surface area contributed by atoms with Gasteiger partial charge in [0.1, 0.15) is 6.61 Å². The number of aliphatic carboxylic acids is 1. The van der Waals surface area contributed by atoms with Gasteiger partial charge in [-0.05, 0) is 12.6 Å². The summed E-state index contributed by atoms with van der Waals surface area (Å²) in [7, 11) is 1.79. The molecule has 21 heavy (non-hydrogen) atoms. The maximum absolute atomic E-state index is 11.7. The van der Waals surface area contributed by atoms with Crippen molar-refractivity contribution in [3.63, 3.8) is 0 Å². The van der Waals surface area contributed by atoms with Crippen LogP contribution in [0.5, 0.6) is 0 Å². The van der Waals surface area contributed by atoms with Gasteiger partial charge in [0.15, 0.2) is 0 Å². The Kier molecular flexibility index (Phi) is 7.85. The van der Waals surface area contributed by atoms with E-state index in [1.54, 1.807) is 7.05 Å². The highest BCUT2D eigenvalue weighted by molar-refractivity contribution is 5.71. The first-order valence-corrected chi connectivity index (χ1v) is 6.69. The number of nitrogens with one attached hydrogen (secondary N) is 3. The average molecular weight is 295 g/mol. The summed E-state index contributed by atoms with van der Waals surface area (Å²) in [5.74, 6) is -1.000. The Morgan fingerprint density at radius 2 is 1.95 bits per heavy atom. The third-order valence-corrected chi connectivity index (χ3v) is 2.65. The molecular weight excluding hydrogens is 274 g/mol. The van der Waals surface area contributed by atoms with Gasteiger partial charge in [-0.25, -0.2) is 4.79 Å². The molecule has 1 atom stereocenters. The molecule has 0 radical (unpaired) electrons. The van der Waals surface area contributed by atoms with E-state index in [0.717, 1.165) is 5.56 Å². The third kappa shape index (κ3) is 7.91. The molecule has 116 valence electrons. The molecule has 7 nitrogen and oxygen atoms in total. The predicted octanol–water partition coefficient (Wildman–Crippen LogP) is 0.523. The molecule has 0 aromatic heterocycles. The number of carbonyl (C=O) groups excluding carboxylic acids is 1. The fraction of sp³-hybridized carbons (Fsp3) is 0.429. The first-order chi connectivity index (χ1) is 10.1. The molecule has 1 rings (SSSR count). The monoisotopic (exact) mass is 295 g/mol. The Morgan fingerprint density at radius 3 is 2.57 bits per heavy atom. The lowest BCUT2D eigenvalue weighted by Crippen LogP contribution is -2.48. The molecule has 0 saturated carbocycles. The second kappa shape index (κ2) is 9.73. The number of likely N-dealkylation sites (N-methyl/N-ethyl adjacent to an activating group) is 1. The molecule has 4 N–H and O–H groups in total. The van der Waals surface area contributed by atoms with Gasteiger partial charge in [-0.1, -0.05) is 30.3 Å². The molecule has 0 saturated heterocycles. The molecule has 1 amide bonds. The first kappa shape index (κ1) is 16.9. The van der Waals surface area contributed by atoms with Gasteiger partial charge in [-0.2, -0.15) is 0 Å². The first-order valence-electron chi connectivity index (χ1n) is 6.69. The topological polar surface area (TPSA) is 99.7 Å². The molecule has 1 unspecified atom stereocenters. The predicted molar refractivity (Wildman–Crippen MR) is 77.7 cm³/mol. The number of rotatable bonds is 9. The Morgan fingerprint density at radius 1 is 1.24 bits per heavy atom. The maximum Gasteiger partial charge on any atom is 0.408 e. The number of hydrogen-bond acceptors (Lipinski definition) is 5. The number of carboxylic acids is 1. The molecule has 0 aliphatic rings. The van der Waals surface area contributed by atoms with E-state index in [4.69, 9.17) is 9.84 Å². The van der Waals surface area contributed by atoms with Gasteiger partial charge < -0.3 is 20.5 Å². The van der Waals surface area contributed by atoms with E-state index in [0.29, 0.717) is 13.1 Å². The van der Waals surface area contributed by atoms with Crippen LogP contribution in [-0.2, 0) is 16.1 Å². The molecule has 0 spiro atoms. The van der Waals surface area contributed by atoms with Gasteiger partial charge in [-0.3, -0.25) is 10.1 Å². The maximum atomic E-state index is 11.7. The van der Waals surface area contributed by atoms with E-state index >= 15 is 0 Å². The number of amides is 1. The third-order valence-electron chi connectivity index (χ3n) is 2.65. The van der Waals surface area contributed by atoms with Crippen LogP contribution >= 0.6 is 0 Å². The van der Waals surface area contributed by atoms with Gasteiger partial charge in [0.2, 0.25) is 0 Å². The Labute approximate surface area is 123 Å². The zero-order valence-corrected chi connectivity index (χ0v) is 12.0. The van der Waals surface area contributed by atoms with Gasteiger partial charge >= 0.3 is 12.1 Å². The quantitative estimate of drug-likeness (QED) is 0.391.